The van der Waals surface area contributed by atoms with Crippen molar-refractivity contribution in [2.24, 2.45) is 5.73 Å². The van der Waals surface area contributed by atoms with Crippen LogP contribution in [0, 0.1) is 28.6 Å². The van der Waals surface area contributed by atoms with E-state index in [1.807, 2.05) is 0 Å². The molecule has 0 bridgehead atoms. The number of terminal acetylenes is 1. The van der Waals surface area contributed by atoms with Gasteiger partial charge < -0.3 is 16.5 Å². The van der Waals surface area contributed by atoms with Crippen LogP contribution in [0.5, 0.6) is 0 Å². The van der Waals surface area contributed by atoms with Crippen LogP contribution in [0.4, 0.5) is 0 Å². The summed E-state index contributed by atoms with van der Waals surface area (Å²) >= 11 is 0. The lowest BCUT2D eigenvalue weighted by atomic mass is 10.3. The van der Waals surface area contributed by atoms with Crippen LogP contribution in [0.3, 0.4) is 0 Å². The molecule has 5 heteroatoms. The van der Waals surface area contributed by atoms with Crippen LogP contribution >= 0.6 is 0 Å². The monoisotopic (exact) mass is 163 g/mol. The number of allylic oxidation sites excluding steroid dienone is 1. The second kappa shape index (κ2) is 4.68. The van der Waals surface area contributed by atoms with Gasteiger partial charge in [0.1, 0.15) is 0 Å². The molecule has 62 valence electrons. The van der Waals surface area contributed by atoms with Gasteiger partial charge in [-0.25, -0.2) is 0 Å². The van der Waals surface area contributed by atoms with Gasteiger partial charge in [0.25, 0.3) is 0 Å². The van der Waals surface area contributed by atoms with E-state index in [1.54, 1.807) is 0 Å². The molecule has 0 spiro atoms. The first-order valence-electron chi connectivity index (χ1n) is 2.98. The molecule has 0 rings (SSSR count). The fraction of sp³-hybridized carbons (Fsp3) is 0. The van der Waals surface area contributed by atoms with Crippen molar-refractivity contribution in [2.75, 3.05) is 0 Å². The summed E-state index contributed by atoms with van der Waals surface area (Å²) in [5.41, 5.74) is 5.24. The van der Waals surface area contributed by atoms with E-state index in [9.17, 15) is 0 Å². The standard InChI is InChI=1S/C7H9N5/c1-2-5(3-8)4-12-7(11)6(9)10/h1,3-4,8H,(H3,9,10)(H2,11,12)/b5-4-,8-3?. The normalized spacial score (nSPS) is 9.75. The summed E-state index contributed by atoms with van der Waals surface area (Å²) < 4.78 is 0. The Bertz CT molecular complexity index is 281. The van der Waals surface area contributed by atoms with Crippen LogP contribution in [-0.2, 0) is 0 Å². The third-order valence-corrected chi connectivity index (χ3v) is 0.964. The van der Waals surface area contributed by atoms with Crippen molar-refractivity contribution in [1.29, 1.82) is 16.2 Å². The molecule has 0 amide bonds. The van der Waals surface area contributed by atoms with E-state index in [4.69, 9.17) is 28.4 Å². The zero-order valence-corrected chi connectivity index (χ0v) is 6.31. The first-order chi connectivity index (χ1) is 5.61. The molecule has 0 aliphatic carbocycles. The highest BCUT2D eigenvalue weighted by molar-refractivity contribution is 6.37. The molecule has 0 saturated carbocycles. The Hall–Kier alpha value is -2.09. The van der Waals surface area contributed by atoms with Gasteiger partial charge in [-0.05, 0) is 0 Å². The number of rotatable bonds is 2. The van der Waals surface area contributed by atoms with Crippen LogP contribution in [0.25, 0.3) is 0 Å². The Morgan fingerprint density at radius 2 is 2.08 bits per heavy atom. The lowest BCUT2D eigenvalue weighted by Crippen LogP contribution is -2.31. The van der Waals surface area contributed by atoms with Crippen LogP contribution in [0.15, 0.2) is 11.8 Å². The summed E-state index contributed by atoms with van der Waals surface area (Å²) in [6.07, 6.45) is 7.20. The van der Waals surface area contributed by atoms with E-state index in [0.717, 1.165) is 6.21 Å². The van der Waals surface area contributed by atoms with Crippen molar-refractivity contribution in [3.05, 3.63) is 11.8 Å². The molecule has 0 aromatic heterocycles. The largest absolute Gasteiger partial charge is 0.381 e. The fourth-order valence-electron chi connectivity index (χ4n) is 0.353. The topological polar surface area (TPSA) is 110 Å². The van der Waals surface area contributed by atoms with Crippen molar-refractivity contribution >= 4 is 17.9 Å². The van der Waals surface area contributed by atoms with Gasteiger partial charge in [0.2, 0.25) is 0 Å². The molecular weight excluding hydrogens is 154 g/mol. The number of hydrogen-bond donors (Lipinski definition) is 5. The molecule has 0 aromatic carbocycles. The van der Waals surface area contributed by atoms with Crippen molar-refractivity contribution in [1.82, 2.24) is 5.32 Å². The van der Waals surface area contributed by atoms with Crippen molar-refractivity contribution in [2.45, 2.75) is 0 Å². The Labute approximate surface area is 70.2 Å². The van der Waals surface area contributed by atoms with E-state index in [2.05, 4.69) is 11.2 Å². The molecule has 0 unspecified atom stereocenters. The molecular formula is C7H9N5. The highest BCUT2D eigenvalue weighted by atomic mass is 15.0. The fourth-order valence-corrected chi connectivity index (χ4v) is 0.353. The minimum absolute atomic E-state index is 0.246. The summed E-state index contributed by atoms with van der Waals surface area (Å²) in [6.45, 7) is 0. The Balaban J connectivity index is 4.23. The number of hydrogen-bond acceptors (Lipinski definition) is 3. The predicted molar refractivity (Wildman–Crippen MR) is 48.5 cm³/mol. The third-order valence-electron chi connectivity index (χ3n) is 0.964. The highest BCUT2D eigenvalue weighted by Crippen LogP contribution is 1.82. The second-order valence-electron chi connectivity index (χ2n) is 1.82. The zero-order chi connectivity index (χ0) is 9.56. The highest BCUT2D eigenvalue weighted by Gasteiger charge is 1.95. The van der Waals surface area contributed by atoms with Crippen molar-refractivity contribution < 1.29 is 0 Å². The lowest BCUT2D eigenvalue weighted by molar-refractivity contribution is 1.23. The molecule has 0 atom stereocenters. The first kappa shape index (κ1) is 9.91. The Morgan fingerprint density at radius 3 is 2.42 bits per heavy atom. The van der Waals surface area contributed by atoms with Gasteiger partial charge in [0, 0.05) is 12.4 Å². The molecule has 0 heterocycles. The van der Waals surface area contributed by atoms with Gasteiger partial charge in [-0.15, -0.1) is 6.42 Å². The van der Waals surface area contributed by atoms with E-state index in [-0.39, 0.29) is 17.2 Å². The van der Waals surface area contributed by atoms with Crippen LogP contribution in [0.1, 0.15) is 0 Å². The zero-order valence-electron chi connectivity index (χ0n) is 6.31. The van der Waals surface area contributed by atoms with Crippen LogP contribution in [0.2, 0.25) is 0 Å². The molecule has 12 heavy (non-hydrogen) atoms. The maximum atomic E-state index is 7.04. The number of amidine groups is 2. The molecule has 0 fully saturated rings. The van der Waals surface area contributed by atoms with Gasteiger partial charge in [0.05, 0.1) is 5.57 Å². The smallest absolute Gasteiger partial charge is 0.164 e. The minimum atomic E-state index is -0.382. The molecule has 0 aliphatic heterocycles. The van der Waals surface area contributed by atoms with Crippen molar-refractivity contribution in [3.8, 4) is 12.3 Å². The summed E-state index contributed by atoms with van der Waals surface area (Å²) in [5, 5.41) is 23.0. The summed E-state index contributed by atoms with van der Waals surface area (Å²) in [5.74, 6) is 1.57. The Morgan fingerprint density at radius 1 is 1.50 bits per heavy atom. The van der Waals surface area contributed by atoms with E-state index >= 15 is 0 Å². The van der Waals surface area contributed by atoms with Crippen molar-refractivity contribution in [3.63, 3.8) is 0 Å². The van der Waals surface area contributed by atoms with E-state index in [0.29, 0.717) is 0 Å². The molecule has 5 nitrogen and oxygen atoms in total. The summed E-state index contributed by atoms with van der Waals surface area (Å²) in [4.78, 5) is 0. The quantitative estimate of drug-likeness (QED) is 0.218. The predicted octanol–water partition coefficient (Wildman–Crippen LogP) is -0.344. The van der Waals surface area contributed by atoms with Crippen LogP contribution in [-0.4, -0.2) is 17.9 Å². The van der Waals surface area contributed by atoms with Crippen LogP contribution < -0.4 is 11.1 Å². The average Bonchev–Trinajstić information content (AvgIpc) is 2.05. The molecule has 6 N–H and O–H groups in total. The molecule has 0 aromatic rings. The van der Waals surface area contributed by atoms with Gasteiger partial charge in [-0.1, -0.05) is 5.92 Å². The third kappa shape index (κ3) is 3.17. The lowest BCUT2D eigenvalue weighted by Gasteiger charge is -1.99. The molecule has 0 saturated heterocycles. The number of nitrogens with two attached hydrogens (primary N) is 1. The summed E-state index contributed by atoms with van der Waals surface area (Å²) in [7, 11) is 0. The molecule has 0 radical (unpaired) electrons. The van der Waals surface area contributed by atoms with Gasteiger partial charge in [-0.2, -0.15) is 0 Å². The van der Waals surface area contributed by atoms with Gasteiger partial charge in [0.15, 0.2) is 11.7 Å². The Kier molecular flexibility index (Phi) is 3.87. The average molecular weight is 163 g/mol. The minimum Gasteiger partial charge on any atom is -0.381 e. The molecule has 0 aliphatic rings. The SMILES string of the molecule is C#C/C(C=N)=C/NC(=N)C(=N)N. The summed E-state index contributed by atoms with van der Waals surface area (Å²) in [6, 6.07) is 0. The number of nitrogens with one attached hydrogen (secondary N) is 4. The van der Waals surface area contributed by atoms with E-state index in [1.165, 1.54) is 6.20 Å². The van der Waals surface area contributed by atoms with Gasteiger partial charge >= 0.3 is 0 Å². The maximum Gasteiger partial charge on any atom is 0.164 e. The van der Waals surface area contributed by atoms with E-state index < -0.39 is 0 Å². The van der Waals surface area contributed by atoms with Gasteiger partial charge in [-0.3, -0.25) is 10.8 Å². The first-order valence-corrected chi connectivity index (χ1v) is 2.98. The second-order valence-corrected chi connectivity index (χ2v) is 1.82. The maximum absolute atomic E-state index is 7.04.